The minimum Gasteiger partial charge on any atom is -0.373 e. The van der Waals surface area contributed by atoms with E-state index in [1.807, 2.05) is 35.2 Å². The maximum atomic E-state index is 12.5. The minimum atomic E-state index is 0.0535. The summed E-state index contributed by atoms with van der Waals surface area (Å²) in [7, 11) is 0. The minimum absolute atomic E-state index is 0.0535. The molecule has 5 nitrogen and oxygen atoms in total. The van der Waals surface area contributed by atoms with Crippen LogP contribution in [0.2, 0.25) is 0 Å². The van der Waals surface area contributed by atoms with Gasteiger partial charge in [-0.05, 0) is 45.6 Å². The molecule has 1 amide bonds. The Labute approximate surface area is 169 Å². The summed E-state index contributed by atoms with van der Waals surface area (Å²) in [6.45, 7) is 9.14. The van der Waals surface area contributed by atoms with E-state index in [4.69, 9.17) is 4.74 Å². The molecule has 3 rings (SSSR count). The number of Topliss-reactive ketones (excluding diaryl/α,β-unsaturated/α-hetero) is 1. The van der Waals surface area contributed by atoms with Crippen LogP contribution in [0.5, 0.6) is 0 Å². The van der Waals surface area contributed by atoms with Gasteiger partial charge in [0, 0.05) is 44.6 Å². The second-order valence-electron chi connectivity index (χ2n) is 8.42. The summed E-state index contributed by atoms with van der Waals surface area (Å²) in [5.41, 5.74) is 0.695. The van der Waals surface area contributed by atoms with Gasteiger partial charge in [0.1, 0.15) is 0 Å². The number of hydrogen-bond acceptors (Lipinski definition) is 4. The standard InChI is InChI=1S/C23H34N2O3/c1-18-16-24(17-19(2)28-18)13-10-20-11-14-25(15-12-20)23(27)9-8-22(26)21-6-4-3-5-7-21/h3-7,18-20H,8-17H2,1-2H3. The van der Waals surface area contributed by atoms with Crippen molar-refractivity contribution in [2.24, 2.45) is 5.92 Å². The Kier molecular flexibility index (Phi) is 7.63. The van der Waals surface area contributed by atoms with Crippen molar-refractivity contribution in [2.75, 3.05) is 32.7 Å². The third kappa shape index (κ3) is 6.14. The first-order valence-electron chi connectivity index (χ1n) is 10.7. The first-order valence-corrected chi connectivity index (χ1v) is 10.7. The Bertz CT molecular complexity index is 631. The van der Waals surface area contributed by atoms with Crippen LogP contribution in [-0.2, 0) is 9.53 Å². The van der Waals surface area contributed by atoms with Gasteiger partial charge in [-0.2, -0.15) is 0 Å². The van der Waals surface area contributed by atoms with Crippen molar-refractivity contribution in [3.8, 4) is 0 Å². The molecule has 2 fully saturated rings. The van der Waals surface area contributed by atoms with E-state index in [2.05, 4.69) is 18.7 Å². The fourth-order valence-electron chi connectivity index (χ4n) is 4.45. The van der Waals surface area contributed by atoms with Gasteiger partial charge in [-0.3, -0.25) is 14.5 Å². The maximum absolute atomic E-state index is 12.5. The molecule has 1 aromatic rings. The lowest BCUT2D eigenvalue weighted by molar-refractivity contribution is -0.132. The zero-order chi connectivity index (χ0) is 19.9. The van der Waals surface area contributed by atoms with Crippen molar-refractivity contribution in [2.45, 2.75) is 58.2 Å². The average Bonchev–Trinajstić information content (AvgIpc) is 2.70. The van der Waals surface area contributed by atoms with Crippen molar-refractivity contribution < 1.29 is 14.3 Å². The fraction of sp³-hybridized carbons (Fsp3) is 0.652. The van der Waals surface area contributed by atoms with Gasteiger partial charge >= 0.3 is 0 Å². The first-order chi connectivity index (χ1) is 13.5. The fourth-order valence-corrected chi connectivity index (χ4v) is 4.45. The number of amides is 1. The van der Waals surface area contributed by atoms with Crippen LogP contribution in [0.15, 0.2) is 30.3 Å². The first kappa shape index (κ1) is 21.0. The number of rotatable bonds is 7. The second-order valence-corrected chi connectivity index (χ2v) is 8.42. The number of morpholine rings is 1. The van der Waals surface area contributed by atoms with E-state index in [1.165, 1.54) is 6.42 Å². The third-order valence-electron chi connectivity index (χ3n) is 5.98. The molecule has 1 aromatic carbocycles. The van der Waals surface area contributed by atoms with Gasteiger partial charge in [-0.25, -0.2) is 0 Å². The molecule has 2 saturated heterocycles. The van der Waals surface area contributed by atoms with Crippen LogP contribution in [0.3, 0.4) is 0 Å². The number of ketones is 1. The Balaban J connectivity index is 1.34. The molecular formula is C23H34N2O3. The van der Waals surface area contributed by atoms with Gasteiger partial charge in [0.25, 0.3) is 0 Å². The summed E-state index contributed by atoms with van der Waals surface area (Å²) >= 11 is 0. The Morgan fingerprint density at radius 3 is 2.29 bits per heavy atom. The summed E-state index contributed by atoms with van der Waals surface area (Å²) in [4.78, 5) is 29.1. The number of piperidine rings is 1. The van der Waals surface area contributed by atoms with Crippen LogP contribution in [0, 0.1) is 5.92 Å². The Hall–Kier alpha value is -1.72. The third-order valence-corrected chi connectivity index (χ3v) is 5.98. The van der Waals surface area contributed by atoms with Crippen molar-refractivity contribution in [3.05, 3.63) is 35.9 Å². The quantitative estimate of drug-likeness (QED) is 0.674. The zero-order valence-electron chi connectivity index (χ0n) is 17.3. The number of carbonyl (C=O) groups is 2. The van der Waals surface area contributed by atoms with Crippen LogP contribution >= 0.6 is 0 Å². The molecular weight excluding hydrogens is 352 g/mol. The Morgan fingerprint density at radius 1 is 1.00 bits per heavy atom. The van der Waals surface area contributed by atoms with E-state index < -0.39 is 0 Å². The molecule has 2 aliphatic rings. The van der Waals surface area contributed by atoms with Crippen LogP contribution in [-0.4, -0.2) is 66.4 Å². The molecule has 2 heterocycles. The van der Waals surface area contributed by atoms with Crippen molar-refractivity contribution in [1.82, 2.24) is 9.80 Å². The summed E-state index contributed by atoms with van der Waals surface area (Å²) in [6, 6.07) is 9.24. The van der Waals surface area contributed by atoms with E-state index in [9.17, 15) is 9.59 Å². The molecule has 154 valence electrons. The van der Waals surface area contributed by atoms with E-state index in [1.54, 1.807) is 0 Å². The van der Waals surface area contributed by atoms with Crippen molar-refractivity contribution in [3.63, 3.8) is 0 Å². The van der Waals surface area contributed by atoms with Gasteiger partial charge in [0.05, 0.1) is 12.2 Å². The van der Waals surface area contributed by atoms with Crippen molar-refractivity contribution in [1.29, 1.82) is 0 Å². The molecule has 28 heavy (non-hydrogen) atoms. The van der Waals surface area contributed by atoms with Crippen LogP contribution in [0.4, 0.5) is 0 Å². The molecule has 0 N–H and O–H groups in total. The summed E-state index contributed by atoms with van der Waals surface area (Å²) in [6.07, 6.45) is 4.62. The topological polar surface area (TPSA) is 49.9 Å². The average molecular weight is 387 g/mol. The summed E-state index contributed by atoms with van der Waals surface area (Å²) in [5.74, 6) is 0.875. The van der Waals surface area contributed by atoms with Gasteiger partial charge in [-0.15, -0.1) is 0 Å². The van der Waals surface area contributed by atoms with Gasteiger partial charge in [-0.1, -0.05) is 30.3 Å². The zero-order valence-corrected chi connectivity index (χ0v) is 17.3. The lowest BCUT2D eigenvalue weighted by Gasteiger charge is -2.37. The molecule has 2 unspecified atom stereocenters. The number of carbonyl (C=O) groups excluding carboxylic acids is 2. The van der Waals surface area contributed by atoms with Gasteiger partial charge < -0.3 is 9.64 Å². The monoisotopic (exact) mass is 386 g/mol. The van der Waals surface area contributed by atoms with Gasteiger partial charge in [0.2, 0.25) is 5.91 Å². The number of likely N-dealkylation sites (tertiary alicyclic amines) is 1. The predicted octanol–water partition coefficient (Wildman–Crippen LogP) is 3.39. The molecule has 0 aromatic heterocycles. The van der Waals surface area contributed by atoms with E-state index in [0.29, 0.717) is 36.5 Å². The second kappa shape index (κ2) is 10.2. The number of benzene rings is 1. The lowest BCUT2D eigenvalue weighted by Crippen LogP contribution is -2.46. The lowest BCUT2D eigenvalue weighted by atomic mass is 9.93. The molecule has 0 radical (unpaired) electrons. The number of ether oxygens (including phenoxy) is 1. The number of hydrogen-bond donors (Lipinski definition) is 0. The van der Waals surface area contributed by atoms with Gasteiger partial charge in [0.15, 0.2) is 5.78 Å². The Morgan fingerprint density at radius 2 is 1.64 bits per heavy atom. The highest BCUT2D eigenvalue weighted by molar-refractivity contribution is 5.97. The largest absolute Gasteiger partial charge is 0.373 e. The van der Waals surface area contributed by atoms with E-state index in [0.717, 1.165) is 45.6 Å². The van der Waals surface area contributed by atoms with E-state index >= 15 is 0 Å². The molecule has 2 atom stereocenters. The normalized spacial score (nSPS) is 24.3. The predicted molar refractivity (Wildman–Crippen MR) is 110 cm³/mol. The van der Waals surface area contributed by atoms with Crippen LogP contribution in [0.25, 0.3) is 0 Å². The summed E-state index contributed by atoms with van der Waals surface area (Å²) < 4.78 is 5.81. The molecule has 0 aliphatic carbocycles. The van der Waals surface area contributed by atoms with Crippen LogP contribution < -0.4 is 0 Å². The highest BCUT2D eigenvalue weighted by Crippen LogP contribution is 2.23. The number of nitrogens with zero attached hydrogens (tertiary/aromatic N) is 2. The molecule has 0 saturated carbocycles. The van der Waals surface area contributed by atoms with Crippen molar-refractivity contribution >= 4 is 11.7 Å². The highest BCUT2D eigenvalue weighted by Gasteiger charge is 2.26. The van der Waals surface area contributed by atoms with Crippen LogP contribution in [0.1, 0.15) is 56.3 Å². The van der Waals surface area contributed by atoms with E-state index in [-0.39, 0.29) is 11.7 Å². The SMILES string of the molecule is CC1CN(CCC2CCN(C(=O)CCC(=O)c3ccccc3)CC2)CC(C)O1. The maximum Gasteiger partial charge on any atom is 0.223 e. The molecule has 2 aliphatic heterocycles. The molecule has 0 bridgehead atoms. The molecule has 5 heteroatoms. The summed E-state index contributed by atoms with van der Waals surface area (Å²) in [5, 5.41) is 0. The highest BCUT2D eigenvalue weighted by atomic mass is 16.5. The molecule has 0 spiro atoms. The smallest absolute Gasteiger partial charge is 0.223 e.